The Morgan fingerprint density at radius 3 is 2.08 bits per heavy atom. The van der Waals surface area contributed by atoms with E-state index < -0.39 is 12.7 Å². The molecule has 1 saturated heterocycles. The van der Waals surface area contributed by atoms with Gasteiger partial charge in [-0.2, -0.15) is 0 Å². The van der Waals surface area contributed by atoms with Crippen LogP contribution >= 0.6 is 0 Å². The summed E-state index contributed by atoms with van der Waals surface area (Å²) in [6, 6.07) is 35.8. The quantitative estimate of drug-likeness (QED) is 0.202. The molecule has 0 radical (unpaired) electrons. The minimum atomic E-state index is -0.527. The average molecular weight is 480 g/mol. The van der Waals surface area contributed by atoms with E-state index in [0.29, 0.717) is 5.76 Å². The predicted octanol–water partition coefficient (Wildman–Crippen LogP) is 7.01. The molecule has 3 heterocycles. The van der Waals surface area contributed by atoms with Gasteiger partial charge in [-0.05, 0) is 30.8 Å². The zero-order valence-electron chi connectivity index (χ0n) is 20.8. The van der Waals surface area contributed by atoms with Crippen LogP contribution in [0.15, 0.2) is 115 Å². The Bertz CT molecular complexity index is 1820. The normalized spacial score (nSPS) is 15.1. The van der Waals surface area contributed by atoms with E-state index in [1.165, 1.54) is 0 Å². The predicted molar refractivity (Wildman–Crippen MR) is 152 cm³/mol. The maximum Gasteiger partial charge on any atom is 0.563 e. The lowest BCUT2D eigenvalue weighted by atomic mass is 9.78. The van der Waals surface area contributed by atoms with Gasteiger partial charge in [-0.15, -0.1) is 0 Å². The van der Waals surface area contributed by atoms with E-state index in [-0.39, 0.29) is 0 Å². The summed E-state index contributed by atoms with van der Waals surface area (Å²) in [5.74, 6) is 0.645. The molecule has 2 aromatic heterocycles. The van der Waals surface area contributed by atoms with Gasteiger partial charge < -0.3 is 9.31 Å². The number of hydrogen-bond acceptors (Lipinski definition) is 3. The van der Waals surface area contributed by atoms with Crippen LogP contribution in [-0.4, -0.2) is 22.1 Å². The van der Waals surface area contributed by atoms with Crippen molar-refractivity contribution in [3.8, 4) is 22.5 Å². The molecular formula is C32H25BN2O2. The molecule has 4 aromatic carbocycles. The largest absolute Gasteiger partial charge is 0.563 e. The van der Waals surface area contributed by atoms with Gasteiger partial charge in [0.25, 0.3) is 0 Å². The molecule has 1 aliphatic rings. The van der Waals surface area contributed by atoms with E-state index in [4.69, 9.17) is 14.3 Å². The Kier molecular flexibility index (Phi) is 4.79. The first-order chi connectivity index (χ1) is 18.0. The van der Waals surface area contributed by atoms with Crippen molar-refractivity contribution in [2.75, 3.05) is 0 Å². The Morgan fingerprint density at radius 2 is 1.41 bits per heavy atom. The SMILES string of the molecule is C=C1OB(c2ccc3c(c2)c2ccccc2c2nc(-c4ccccc4)c(-c4ccccc4)n32)OC1(C)C. The van der Waals surface area contributed by atoms with Gasteiger partial charge >= 0.3 is 7.12 Å². The average Bonchev–Trinajstić information content (AvgIpc) is 3.47. The zero-order valence-corrected chi connectivity index (χ0v) is 20.8. The monoisotopic (exact) mass is 480 g/mol. The highest BCUT2D eigenvalue weighted by atomic mass is 16.7. The fourth-order valence-corrected chi connectivity index (χ4v) is 5.28. The summed E-state index contributed by atoms with van der Waals surface area (Å²) in [6.07, 6.45) is 0. The van der Waals surface area contributed by atoms with Crippen molar-refractivity contribution in [3.05, 3.63) is 115 Å². The van der Waals surface area contributed by atoms with Crippen LogP contribution in [0.1, 0.15) is 13.8 Å². The molecule has 4 nitrogen and oxygen atoms in total. The highest BCUT2D eigenvalue weighted by Crippen LogP contribution is 2.39. The summed E-state index contributed by atoms with van der Waals surface area (Å²) < 4.78 is 14.5. The third-order valence-corrected chi connectivity index (χ3v) is 7.29. The number of aromatic nitrogens is 2. The molecule has 0 spiro atoms. The van der Waals surface area contributed by atoms with Crippen LogP contribution in [0.4, 0.5) is 0 Å². The maximum atomic E-state index is 6.21. The van der Waals surface area contributed by atoms with Crippen LogP contribution in [0, 0.1) is 0 Å². The Morgan fingerprint density at radius 1 is 0.757 bits per heavy atom. The van der Waals surface area contributed by atoms with E-state index in [9.17, 15) is 0 Å². The highest BCUT2D eigenvalue weighted by molar-refractivity contribution is 6.62. The molecule has 37 heavy (non-hydrogen) atoms. The minimum Gasteiger partial charge on any atom is -0.534 e. The molecule has 0 atom stereocenters. The van der Waals surface area contributed by atoms with Gasteiger partial charge in [-0.25, -0.2) is 4.98 Å². The fourth-order valence-electron chi connectivity index (χ4n) is 5.28. The van der Waals surface area contributed by atoms with Crippen molar-refractivity contribution in [1.29, 1.82) is 0 Å². The molecule has 0 bridgehead atoms. The Balaban J connectivity index is 1.59. The summed E-state index contributed by atoms with van der Waals surface area (Å²) in [6.45, 7) is 8.02. The number of rotatable bonds is 3. The lowest BCUT2D eigenvalue weighted by Gasteiger charge is -2.16. The van der Waals surface area contributed by atoms with E-state index in [1.807, 2.05) is 26.0 Å². The van der Waals surface area contributed by atoms with Crippen molar-refractivity contribution in [2.24, 2.45) is 0 Å². The third kappa shape index (κ3) is 3.39. The van der Waals surface area contributed by atoms with E-state index in [0.717, 1.165) is 55.3 Å². The summed E-state index contributed by atoms with van der Waals surface area (Å²) in [5.41, 5.74) is 6.72. The van der Waals surface area contributed by atoms with E-state index in [1.54, 1.807) is 0 Å². The molecule has 0 unspecified atom stereocenters. The zero-order chi connectivity index (χ0) is 25.1. The van der Waals surface area contributed by atoms with Gasteiger partial charge in [0.05, 0.1) is 22.7 Å². The lowest BCUT2D eigenvalue weighted by Crippen LogP contribution is -2.34. The molecule has 1 aliphatic heterocycles. The van der Waals surface area contributed by atoms with Crippen LogP contribution in [0.25, 0.3) is 49.8 Å². The summed E-state index contributed by atoms with van der Waals surface area (Å²) in [4.78, 5) is 5.27. The minimum absolute atomic E-state index is 0.488. The van der Waals surface area contributed by atoms with Crippen molar-refractivity contribution in [2.45, 2.75) is 19.4 Å². The molecule has 0 N–H and O–H groups in total. The first-order valence-electron chi connectivity index (χ1n) is 12.5. The highest BCUT2D eigenvalue weighted by Gasteiger charge is 2.42. The van der Waals surface area contributed by atoms with Crippen molar-refractivity contribution < 1.29 is 9.31 Å². The maximum absolute atomic E-state index is 6.21. The summed E-state index contributed by atoms with van der Waals surface area (Å²) in [5, 5.41) is 3.37. The van der Waals surface area contributed by atoms with Crippen LogP contribution in [-0.2, 0) is 9.31 Å². The Hall–Kier alpha value is -4.35. The number of benzene rings is 4. The standard InChI is InChI=1S/C32H25BN2O2/c1-21-32(2,3)37-33(36-21)24-18-19-28-27(20-24)25-16-10-11-17-26(25)31-34-29(22-12-6-4-7-13-22)30(35(28)31)23-14-8-5-9-15-23/h4-20H,1H2,2-3H3. The first kappa shape index (κ1) is 21.9. The van der Waals surface area contributed by atoms with E-state index >= 15 is 0 Å². The van der Waals surface area contributed by atoms with Gasteiger partial charge in [0.1, 0.15) is 11.2 Å². The van der Waals surface area contributed by atoms with Crippen LogP contribution in [0.5, 0.6) is 0 Å². The number of pyridine rings is 1. The Labute approximate surface area is 215 Å². The molecule has 0 aliphatic carbocycles. The van der Waals surface area contributed by atoms with Crippen molar-refractivity contribution in [3.63, 3.8) is 0 Å². The molecule has 0 saturated carbocycles. The summed E-state index contributed by atoms with van der Waals surface area (Å²) >= 11 is 0. The lowest BCUT2D eigenvalue weighted by molar-refractivity contribution is 0.173. The molecule has 1 fully saturated rings. The first-order valence-corrected chi connectivity index (χ1v) is 12.5. The second-order valence-corrected chi connectivity index (χ2v) is 10.0. The van der Waals surface area contributed by atoms with Crippen molar-refractivity contribution in [1.82, 2.24) is 9.38 Å². The molecule has 7 rings (SSSR count). The topological polar surface area (TPSA) is 35.8 Å². The number of imidazole rings is 1. The van der Waals surface area contributed by atoms with Crippen LogP contribution < -0.4 is 5.46 Å². The number of hydrogen-bond donors (Lipinski definition) is 0. The molecule has 5 heteroatoms. The third-order valence-electron chi connectivity index (χ3n) is 7.29. The molecule has 178 valence electrons. The van der Waals surface area contributed by atoms with Gasteiger partial charge in [-0.3, -0.25) is 4.40 Å². The molecular weight excluding hydrogens is 455 g/mol. The van der Waals surface area contributed by atoms with Crippen LogP contribution in [0.3, 0.4) is 0 Å². The second-order valence-electron chi connectivity index (χ2n) is 10.0. The number of nitrogens with zero attached hydrogens (tertiary/aromatic N) is 2. The van der Waals surface area contributed by atoms with E-state index in [2.05, 4.69) is 102 Å². The van der Waals surface area contributed by atoms with Gasteiger partial charge in [0.15, 0.2) is 0 Å². The fraction of sp³-hybridized carbons (Fsp3) is 0.0938. The molecule has 0 amide bonds. The smallest absolute Gasteiger partial charge is 0.534 e. The second kappa shape index (κ2) is 8.09. The molecule has 6 aromatic rings. The number of fused-ring (bicyclic) bond motifs is 6. The van der Waals surface area contributed by atoms with Gasteiger partial charge in [-0.1, -0.05) is 104 Å². The van der Waals surface area contributed by atoms with Crippen LogP contribution in [0.2, 0.25) is 0 Å². The van der Waals surface area contributed by atoms with Gasteiger partial charge in [0, 0.05) is 21.9 Å². The summed E-state index contributed by atoms with van der Waals surface area (Å²) in [7, 11) is -0.488. The van der Waals surface area contributed by atoms with Crippen molar-refractivity contribution >= 4 is 39.9 Å². The van der Waals surface area contributed by atoms with Gasteiger partial charge in [0.2, 0.25) is 0 Å².